The van der Waals surface area contributed by atoms with Gasteiger partial charge in [-0.15, -0.1) is 0 Å². The van der Waals surface area contributed by atoms with Crippen molar-refractivity contribution in [2.45, 2.75) is 25.6 Å². The van der Waals surface area contributed by atoms with E-state index in [0.29, 0.717) is 31.2 Å². The van der Waals surface area contributed by atoms with Crippen molar-refractivity contribution in [1.82, 2.24) is 15.5 Å². The summed E-state index contributed by atoms with van der Waals surface area (Å²) in [5.41, 5.74) is 0.0551. The van der Waals surface area contributed by atoms with Crippen molar-refractivity contribution in [2.75, 3.05) is 26.9 Å². The van der Waals surface area contributed by atoms with E-state index in [4.69, 9.17) is 14.2 Å². The average molecular weight is 269 g/mol. The Hall–Kier alpha value is -1.60. The summed E-state index contributed by atoms with van der Waals surface area (Å²) in [5, 5.41) is 9.15. The quantitative estimate of drug-likeness (QED) is 0.823. The van der Waals surface area contributed by atoms with Crippen LogP contribution in [-0.4, -0.2) is 54.7 Å². The van der Waals surface area contributed by atoms with Gasteiger partial charge in [0.05, 0.1) is 38.2 Å². The van der Waals surface area contributed by atoms with Crippen LogP contribution in [0.3, 0.4) is 0 Å². The lowest BCUT2D eigenvalue weighted by Crippen LogP contribution is -2.47. The Morgan fingerprint density at radius 1 is 1.68 bits per heavy atom. The van der Waals surface area contributed by atoms with E-state index in [1.165, 1.54) is 13.3 Å². The predicted molar refractivity (Wildman–Crippen MR) is 67.2 cm³/mol. The van der Waals surface area contributed by atoms with E-state index >= 15 is 0 Å². The van der Waals surface area contributed by atoms with Crippen LogP contribution >= 0.6 is 0 Å². The maximum atomic E-state index is 11.9. The van der Waals surface area contributed by atoms with Crippen LogP contribution in [0.15, 0.2) is 6.20 Å². The third-order valence-corrected chi connectivity index (χ3v) is 2.78. The molecule has 1 saturated heterocycles. The highest BCUT2D eigenvalue weighted by atomic mass is 16.6. The molecule has 1 aliphatic heterocycles. The number of aromatic nitrogens is 2. The Kier molecular flexibility index (Phi) is 4.06. The molecule has 7 heteroatoms. The van der Waals surface area contributed by atoms with E-state index in [1.54, 1.807) is 0 Å². The van der Waals surface area contributed by atoms with E-state index in [1.807, 2.05) is 13.8 Å². The number of hydrogen-bond donors (Lipinski definition) is 2. The molecule has 7 nitrogen and oxygen atoms in total. The molecule has 106 valence electrons. The molecular weight excluding hydrogens is 250 g/mol. The third kappa shape index (κ3) is 3.45. The van der Waals surface area contributed by atoms with Crippen LogP contribution in [0.4, 0.5) is 0 Å². The Morgan fingerprint density at radius 2 is 2.47 bits per heavy atom. The van der Waals surface area contributed by atoms with Crippen LogP contribution < -0.4 is 10.1 Å². The first-order chi connectivity index (χ1) is 9.02. The average Bonchev–Trinajstić information content (AvgIpc) is 2.83. The highest BCUT2D eigenvalue weighted by Gasteiger charge is 2.29. The Labute approximate surface area is 111 Å². The van der Waals surface area contributed by atoms with Crippen molar-refractivity contribution in [3.63, 3.8) is 0 Å². The van der Waals surface area contributed by atoms with Gasteiger partial charge in [-0.25, -0.2) is 5.10 Å². The normalized spacial score (nSPS) is 21.9. The number of aromatic amines is 1. The molecular formula is C12H19N3O4. The lowest BCUT2D eigenvalue weighted by molar-refractivity contribution is -0.179. The SMILES string of the molecule is COc1[nH]ncc1C(=O)NCC1COCC(C)(C)O1. The highest BCUT2D eigenvalue weighted by Crippen LogP contribution is 2.18. The summed E-state index contributed by atoms with van der Waals surface area (Å²) < 4.78 is 16.2. The molecule has 0 bridgehead atoms. The molecule has 1 unspecified atom stereocenters. The molecule has 1 aromatic heterocycles. The smallest absolute Gasteiger partial charge is 0.258 e. The van der Waals surface area contributed by atoms with Crippen molar-refractivity contribution < 1.29 is 19.0 Å². The zero-order valence-corrected chi connectivity index (χ0v) is 11.4. The molecule has 1 aliphatic rings. The van der Waals surface area contributed by atoms with Crippen LogP contribution in [0.2, 0.25) is 0 Å². The van der Waals surface area contributed by atoms with E-state index in [0.717, 1.165) is 0 Å². The molecule has 1 atom stereocenters. The van der Waals surface area contributed by atoms with Crippen LogP contribution in [0.5, 0.6) is 5.88 Å². The lowest BCUT2D eigenvalue weighted by Gasteiger charge is -2.35. The van der Waals surface area contributed by atoms with Gasteiger partial charge in [0.25, 0.3) is 5.91 Å². The number of ether oxygens (including phenoxy) is 3. The van der Waals surface area contributed by atoms with Crippen LogP contribution in [0.25, 0.3) is 0 Å². The van der Waals surface area contributed by atoms with Gasteiger partial charge in [-0.05, 0) is 13.8 Å². The summed E-state index contributed by atoms with van der Waals surface area (Å²) >= 11 is 0. The number of amides is 1. The first kappa shape index (κ1) is 13.8. The maximum absolute atomic E-state index is 11.9. The summed E-state index contributed by atoms with van der Waals surface area (Å²) in [6, 6.07) is 0. The van der Waals surface area contributed by atoms with E-state index in [9.17, 15) is 4.79 Å². The third-order valence-electron chi connectivity index (χ3n) is 2.78. The van der Waals surface area contributed by atoms with E-state index in [-0.39, 0.29) is 17.6 Å². The molecule has 2 heterocycles. The van der Waals surface area contributed by atoms with Crippen molar-refractivity contribution >= 4 is 5.91 Å². The van der Waals surface area contributed by atoms with Gasteiger partial charge < -0.3 is 19.5 Å². The van der Waals surface area contributed by atoms with Gasteiger partial charge in [0.1, 0.15) is 5.56 Å². The topological polar surface area (TPSA) is 85.5 Å². The minimum absolute atomic E-state index is 0.148. The molecule has 0 radical (unpaired) electrons. The second kappa shape index (κ2) is 5.58. The largest absolute Gasteiger partial charge is 0.481 e. The maximum Gasteiger partial charge on any atom is 0.258 e. The first-order valence-electron chi connectivity index (χ1n) is 6.13. The summed E-state index contributed by atoms with van der Waals surface area (Å²) in [4.78, 5) is 11.9. The van der Waals surface area contributed by atoms with Crippen LogP contribution in [0, 0.1) is 0 Å². The Balaban J connectivity index is 1.87. The van der Waals surface area contributed by atoms with Crippen molar-refractivity contribution in [3.05, 3.63) is 11.8 Å². The second-order valence-corrected chi connectivity index (χ2v) is 5.04. The summed E-state index contributed by atoms with van der Waals surface area (Å²) in [6.45, 7) is 5.34. The summed E-state index contributed by atoms with van der Waals surface area (Å²) in [6.07, 6.45) is 1.28. The van der Waals surface area contributed by atoms with E-state index in [2.05, 4.69) is 15.5 Å². The summed E-state index contributed by atoms with van der Waals surface area (Å²) in [5.74, 6) is 0.0937. The predicted octanol–water partition coefficient (Wildman–Crippen LogP) is 0.342. The number of carbonyl (C=O) groups is 1. The number of nitrogens with one attached hydrogen (secondary N) is 2. The number of carbonyl (C=O) groups excluding carboxylic acids is 1. The van der Waals surface area contributed by atoms with E-state index < -0.39 is 0 Å². The van der Waals surface area contributed by atoms with Gasteiger partial charge in [0.15, 0.2) is 0 Å². The van der Waals surface area contributed by atoms with Gasteiger partial charge in [-0.3, -0.25) is 4.79 Å². The molecule has 1 aromatic rings. The zero-order chi connectivity index (χ0) is 13.9. The minimum Gasteiger partial charge on any atom is -0.481 e. The fourth-order valence-corrected chi connectivity index (χ4v) is 1.95. The molecule has 0 saturated carbocycles. The number of rotatable bonds is 4. The number of nitrogens with zero attached hydrogens (tertiary/aromatic N) is 1. The number of H-pyrrole nitrogens is 1. The highest BCUT2D eigenvalue weighted by molar-refractivity contribution is 5.96. The van der Waals surface area contributed by atoms with Crippen molar-refractivity contribution in [1.29, 1.82) is 0 Å². The standard InChI is InChI=1S/C12H19N3O4/c1-12(2)7-18-6-8(19-12)4-13-10(16)9-5-14-15-11(9)17-3/h5,8H,4,6-7H2,1-3H3,(H,13,16)(H,14,15). The van der Waals surface area contributed by atoms with Gasteiger partial charge >= 0.3 is 0 Å². The Bertz CT molecular complexity index is 444. The van der Waals surface area contributed by atoms with Crippen molar-refractivity contribution in [2.24, 2.45) is 0 Å². The minimum atomic E-state index is -0.318. The fourth-order valence-electron chi connectivity index (χ4n) is 1.95. The van der Waals surface area contributed by atoms with Gasteiger partial charge in [-0.1, -0.05) is 0 Å². The number of methoxy groups -OCH3 is 1. The molecule has 1 amide bonds. The molecule has 0 spiro atoms. The molecule has 1 fully saturated rings. The van der Waals surface area contributed by atoms with Gasteiger partial charge in [0, 0.05) is 6.54 Å². The summed E-state index contributed by atoms with van der Waals surface area (Å²) in [7, 11) is 1.48. The fraction of sp³-hybridized carbons (Fsp3) is 0.667. The first-order valence-corrected chi connectivity index (χ1v) is 6.13. The van der Waals surface area contributed by atoms with Gasteiger partial charge in [0.2, 0.25) is 5.88 Å². The lowest BCUT2D eigenvalue weighted by atomic mass is 10.1. The molecule has 0 aliphatic carbocycles. The van der Waals surface area contributed by atoms with Crippen LogP contribution in [0.1, 0.15) is 24.2 Å². The second-order valence-electron chi connectivity index (χ2n) is 5.04. The zero-order valence-electron chi connectivity index (χ0n) is 11.4. The van der Waals surface area contributed by atoms with Crippen molar-refractivity contribution in [3.8, 4) is 5.88 Å². The molecule has 2 rings (SSSR count). The van der Waals surface area contributed by atoms with Gasteiger partial charge in [-0.2, -0.15) is 5.10 Å². The molecule has 19 heavy (non-hydrogen) atoms. The Morgan fingerprint density at radius 3 is 3.16 bits per heavy atom. The molecule has 2 N–H and O–H groups in total. The van der Waals surface area contributed by atoms with Crippen LogP contribution in [-0.2, 0) is 9.47 Å². The number of hydrogen-bond acceptors (Lipinski definition) is 5. The monoisotopic (exact) mass is 269 g/mol. The molecule has 0 aromatic carbocycles.